The average Bonchev–Trinajstić information content (AvgIpc) is 2.68. The second-order valence-electron chi connectivity index (χ2n) is 7.35. The van der Waals surface area contributed by atoms with Gasteiger partial charge in [-0.15, -0.1) is 0 Å². The summed E-state index contributed by atoms with van der Waals surface area (Å²) in [6.45, 7) is 8.36. The third-order valence-electron chi connectivity index (χ3n) is 4.12. The van der Waals surface area contributed by atoms with Crippen LogP contribution in [0.5, 0.6) is 5.75 Å². The molecule has 0 aliphatic carbocycles. The van der Waals surface area contributed by atoms with Gasteiger partial charge in [-0.25, -0.2) is 4.39 Å². The lowest BCUT2D eigenvalue weighted by Gasteiger charge is -2.05. The van der Waals surface area contributed by atoms with Crippen LogP contribution in [0.2, 0.25) is 0 Å². The summed E-state index contributed by atoms with van der Waals surface area (Å²) in [5, 5.41) is 0. The molecule has 0 heterocycles. The summed E-state index contributed by atoms with van der Waals surface area (Å²) in [7, 11) is 1.66. The van der Waals surface area contributed by atoms with Gasteiger partial charge >= 0.3 is 0 Å². The first-order chi connectivity index (χ1) is 13.9. The normalized spacial score (nSPS) is 10.8. The van der Waals surface area contributed by atoms with Crippen LogP contribution in [-0.2, 0) is 0 Å². The first-order valence-corrected chi connectivity index (χ1v) is 9.67. The number of halogens is 1. The van der Waals surface area contributed by atoms with Crippen molar-refractivity contribution in [2.45, 2.75) is 27.7 Å². The monoisotopic (exact) mass is 388 g/mol. The van der Waals surface area contributed by atoms with Crippen LogP contribution in [0, 0.1) is 5.82 Å². The number of rotatable bonds is 7. The summed E-state index contributed by atoms with van der Waals surface area (Å²) < 4.78 is 18.4. The van der Waals surface area contributed by atoms with Crippen molar-refractivity contribution in [1.29, 1.82) is 0 Å². The van der Waals surface area contributed by atoms with Crippen molar-refractivity contribution in [3.05, 3.63) is 112 Å². The lowest BCUT2D eigenvalue weighted by Crippen LogP contribution is -1.85. The van der Waals surface area contributed by atoms with Gasteiger partial charge in [0, 0.05) is 0 Å². The molecular formula is C27H29FO. The number of hydrogen-bond donors (Lipinski definition) is 0. The van der Waals surface area contributed by atoms with E-state index in [1.54, 1.807) is 19.2 Å². The molecule has 0 bridgehead atoms. The van der Waals surface area contributed by atoms with Crippen molar-refractivity contribution in [2.24, 2.45) is 0 Å². The predicted molar refractivity (Wildman–Crippen MR) is 123 cm³/mol. The molecule has 1 nitrogen and oxygen atoms in total. The highest BCUT2D eigenvalue weighted by Gasteiger charge is 1.99. The number of hydrogen-bond acceptors (Lipinski definition) is 1. The Hall–Kier alpha value is -3.13. The lowest BCUT2D eigenvalue weighted by molar-refractivity contribution is 0.415. The Labute approximate surface area is 174 Å². The van der Waals surface area contributed by atoms with Gasteiger partial charge in [-0.1, -0.05) is 71.9 Å². The molecule has 0 aliphatic rings. The Morgan fingerprint density at radius 3 is 1.55 bits per heavy atom. The summed E-state index contributed by atoms with van der Waals surface area (Å²) >= 11 is 0. The molecule has 2 heteroatoms. The van der Waals surface area contributed by atoms with Crippen molar-refractivity contribution in [3.8, 4) is 5.75 Å². The highest BCUT2D eigenvalue weighted by Crippen LogP contribution is 2.20. The van der Waals surface area contributed by atoms with Crippen LogP contribution < -0.4 is 4.74 Å². The van der Waals surface area contributed by atoms with Crippen molar-refractivity contribution < 1.29 is 9.13 Å². The molecule has 0 saturated carbocycles. The van der Waals surface area contributed by atoms with E-state index in [1.807, 2.05) is 30.3 Å². The molecule has 150 valence electrons. The van der Waals surface area contributed by atoms with E-state index < -0.39 is 0 Å². The highest BCUT2D eigenvalue weighted by molar-refractivity contribution is 5.63. The zero-order chi connectivity index (χ0) is 21.2. The molecule has 2 aromatic carbocycles. The van der Waals surface area contributed by atoms with Crippen molar-refractivity contribution in [1.82, 2.24) is 0 Å². The number of allylic oxidation sites excluding steroid dienone is 8. The van der Waals surface area contributed by atoms with Crippen LogP contribution in [0.15, 0.2) is 95.1 Å². The number of ether oxygens (including phenoxy) is 1. The molecule has 0 spiro atoms. The number of benzene rings is 2. The molecule has 2 rings (SSSR count). The first-order valence-electron chi connectivity index (χ1n) is 9.67. The van der Waals surface area contributed by atoms with Gasteiger partial charge in [-0.3, -0.25) is 0 Å². The maximum absolute atomic E-state index is 13.2. The molecule has 0 atom stereocenters. The average molecular weight is 389 g/mol. The SMILES string of the molecule is COc1ccc(/C=C/C(/C=C/c2ccc(F)cc2)=C(C=C(C)C)C=C(C)C)cc1. The molecule has 0 N–H and O–H groups in total. The van der Waals surface area contributed by atoms with Gasteiger partial charge in [0.2, 0.25) is 0 Å². The highest BCUT2D eigenvalue weighted by atomic mass is 19.1. The third-order valence-corrected chi connectivity index (χ3v) is 4.12. The summed E-state index contributed by atoms with van der Waals surface area (Å²) in [5.74, 6) is 0.607. The standard InChI is InChI=1S/C27H29FO/c1-20(2)18-25(19-21(3)4)24(12-6-22-8-14-26(28)15-9-22)13-7-23-10-16-27(29-5)17-11-23/h6-19H,1-5H3/b12-6+,13-7+. The maximum Gasteiger partial charge on any atom is 0.123 e. The van der Waals surface area contributed by atoms with E-state index in [0.717, 1.165) is 28.0 Å². The lowest BCUT2D eigenvalue weighted by atomic mass is 10.0. The van der Waals surface area contributed by atoms with Gasteiger partial charge < -0.3 is 4.74 Å². The zero-order valence-electron chi connectivity index (χ0n) is 17.9. The van der Waals surface area contributed by atoms with E-state index in [0.29, 0.717) is 0 Å². The van der Waals surface area contributed by atoms with E-state index in [-0.39, 0.29) is 5.82 Å². The maximum atomic E-state index is 13.2. The second kappa shape index (κ2) is 11.0. The molecule has 0 radical (unpaired) electrons. The predicted octanol–water partition coefficient (Wildman–Crippen LogP) is 7.79. The van der Waals surface area contributed by atoms with Gasteiger partial charge in [0.25, 0.3) is 0 Å². The Morgan fingerprint density at radius 1 is 0.690 bits per heavy atom. The largest absolute Gasteiger partial charge is 0.497 e. The smallest absolute Gasteiger partial charge is 0.123 e. The van der Waals surface area contributed by atoms with Gasteiger partial charge in [-0.05, 0) is 74.2 Å². The molecule has 0 unspecified atom stereocenters. The van der Waals surface area contributed by atoms with Crippen LogP contribution >= 0.6 is 0 Å². The Bertz CT molecular complexity index is 925. The van der Waals surface area contributed by atoms with Gasteiger partial charge in [-0.2, -0.15) is 0 Å². The summed E-state index contributed by atoms with van der Waals surface area (Å²) in [6.07, 6.45) is 12.6. The van der Waals surface area contributed by atoms with E-state index in [9.17, 15) is 4.39 Å². The fourth-order valence-corrected chi connectivity index (χ4v) is 2.74. The summed E-state index contributed by atoms with van der Waals surface area (Å²) in [6, 6.07) is 14.5. The molecule has 29 heavy (non-hydrogen) atoms. The van der Waals surface area contributed by atoms with Crippen molar-refractivity contribution in [3.63, 3.8) is 0 Å². The fourth-order valence-electron chi connectivity index (χ4n) is 2.74. The quantitative estimate of drug-likeness (QED) is 0.440. The van der Waals surface area contributed by atoms with Crippen LogP contribution in [0.25, 0.3) is 12.2 Å². The minimum Gasteiger partial charge on any atom is -0.497 e. The van der Waals surface area contributed by atoms with E-state index in [4.69, 9.17) is 4.74 Å². The Kier molecular flexibility index (Phi) is 8.42. The minimum atomic E-state index is -0.230. The summed E-state index contributed by atoms with van der Waals surface area (Å²) in [4.78, 5) is 0. The van der Waals surface area contributed by atoms with E-state index >= 15 is 0 Å². The molecule has 0 saturated heterocycles. The number of methoxy groups -OCH3 is 1. The molecule has 0 fully saturated rings. The van der Waals surface area contributed by atoms with Gasteiger partial charge in [0.1, 0.15) is 11.6 Å². The first kappa shape index (κ1) is 22.2. The van der Waals surface area contributed by atoms with Gasteiger partial charge in [0.05, 0.1) is 7.11 Å². The minimum absolute atomic E-state index is 0.230. The molecule has 0 aromatic heterocycles. The fraction of sp³-hybridized carbons (Fsp3) is 0.185. The van der Waals surface area contributed by atoms with Crippen molar-refractivity contribution in [2.75, 3.05) is 7.11 Å². The Morgan fingerprint density at radius 2 is 1.14 bits per heavy atom. The van der Waals surface area contributed by atoms with Crippen LogP contribution in [0.3, 0.4) is 0 Å². The molecule has 2 aromatic rings. The molecule has 0 amide bonds. The zero-order valence-corrected chi connectivity index (χ0v) is 17.9. The van der Waals surface area contributed by atoms with Crippen LogP contribution in [0.1, 0.15) is 38.8 Å². The van der Waals surface area contributed by atoms with Crippen LogP contribution in [0.4, 0.5) is 4.39 Å². The third kappa shape index (κ3) is 7.79. The topological polar surface area (TPSA) is 9.23 Å². The Balaban J connectivity index is 2.48. The molecule has 0 aliphatic heterocycles. The second-order valence-corrected chi connectivity index (χ2v) is 7.35. The summed E-state index contributed by atoms with van der Waals surface area (Å²) in [5.41, 5.74) is 6.70. The van der Waals surface area contributed by atoms with E-state index in [1.165, 1.54) is 23.3 Å². The molecular weight excluding hydrogens is 359 g/mol. The van der Waals surface area contributed by atoms with Gasteiger partial charge in [0.15, 0.2) is 0 Å². The van der Waals surface area contributed by atoms with E-state index in [2.05, 4.69) is 58.1 Å². The van der Waals surface area contributed by atoms with Crippen LogP contribution in [-0.4, -0.2) is 7.11 Å². The van der Waals surface area contributed by atoms with Crippen molar-refractivity contribution >= 4 is 12.2 Å².